The van der Waals surface area contributed by atoms with Crippen molar-refractivity contribution >= 4 is 22.9 Å². The zero-order chi connectivity index (χ0) is 19.5. The van der Waals surface area contributed by atoms with Crippen molar-refractivity contribution in [3.63, 3.8) is 0 Å². The summed E-state index contributed by atoms with van der Waals surface area (Å²) in [5.41, 5.74) is 9.45. The first kappa shape index (κ1) is 18.1. The van der Waals surface area contributed by atoms with Crippen LogP contribution in [0.15, 0.2) is 54.7 Å². The van der Waals surface area contributed by atoms with Gasteiger partial charge in [0.2, 0.25) is 5.91 Å². The Balaban J connectivity index is 1.32. The number of alkyl carbamates (subject to hydrolysis) is 1. The zero-order valence-corrected chi connectivity index (χ0v) is 15.5. The van der Waals surface area contributed by atoms with E-state index in [1.807, 2.05) is 54.7 Å². The Hall–Kier alpha value is -3.28. The van der Waals surface area contributed by atoms with E-state index in [1.54, 1.807) is 0 Å². The molecule has 0 radical (unpaired) electrons. The molecule has 1 saturated carbocycles. The first-order valence-corrected chi connectivity index (χ1v) is 9.44. The van der Waals surface area contributed by atoms with Crippen LogP contribution >= 0.6 is 0 Å². The molecule has 144 valence electrons. The van der Waals surface area contributed by atoms with Gasteiger partial charge in [-0.15, -0.1) is 0 Å². The average molecular weight is 377 g/mol. The fourth-order valence-electron chi connectivity index (χ4n) is 3.76. The number of aromatic amines is 1. The highest BCUT2D eigenvalue weighted by molar-refractivity contribution is 5.86. The number of benzene rings is 2. The Bertz CT molecular complexity index is 991. The van der Waals surface area contributed by atoms with Crippen molar-refractivity contribution < 1.29 is 14.3 Å². The fourth-order valence-corrected chi connectivity index (χ4v) is 3.76. The normalized spacial score (nSPS) is 18.4. The molecule has 0 bridgehead atoms. The largest absolute Gasteiger partial charge is 0.445 e. The van der Waals surface area contributed by atoms with Crippen molar-refractivity contribution in [1.29, 1.82) is 0 Å². The standard InChI is InChI=1S/C22H23N3O3/c23-21(26)9-15-6-7-20-18(8-15)19(12-24-20)16-10-17(11-16)25-22(27)28-13-14-4-2-1-3-5-14/h1-8,12,16-17,24H,9-11,13H2,(H2,23,26)(H,25,27)/t16-,17-. The number of ether oxygens (including phenoxy) is 1. The summed E-state index contributed by atoms with van der Waals surface area (Å²) in [6.07, 6.45) is 3.62. The summed E-state index contributed by atoms with van der Waals surface area (Å²) in [5.74, 6) is 0.0374. The molecule has 1 aliphatic carbocycles. The quantitative estimate of drug-likeness (QED) is 0.614. The van der Waals surface area contributed by atoms with Gasteiger partial charge in [0.15, 0.2) is 0 Å². The van der Waals surface area contributed by atoms with Gasteiger partial charge in [0.25, 0.3) is 0 Å². The predicted octanol–water partition coefficient (Wildman–Crippen LogP) is 3.37. The third kappa shape index (κ3) is 4.01. The van der Waals surface area contributed by atoms with Crippen molar-refractivity contribution in [2.45, 2.75) is 37.8 Å². The summed E-state index contributed by atoms with van der Waals surface area (Å²) < 4.78 is 5.28. The molecule has 1 aromatic heterocycles. The Morgan fingerprint density at radius 1 is 1.11 bits per heavy atom. The number of H-pyrrole nitrogens is 1. The molecule has 1 aliphatic rings. The van der Waals surface area contributed by atoms with E-state index in [9.17, 15) is 9.59 Å². The summed E-state index contributed by atoms with van der Waals surface area (Å²) in [6, 6.07) is 15.7. The van der Waals surface area contributed by atoms with Crippen LogP contribution in [-0.2, 0) is 22.6 Å². The smallest absolute Gasteiger partial charge is 0.407 e. The van der Waals surface area contributed by atoms with Crippen LogP contribution < -0.4 is 11.1 Å². The molecule has 2 aromatic carbocycles. The first-order chi connectivity index (χ1) is 13.6. The monoisotopic (exact) mass is 377 g/mol. The van der Waals surface area contributed by atoms with Crippen LogP contribution in [-0.4, -0.2) is 23.0 Å². The SMILES string of the molecule is NC(=O)Cc1ccc2[nH]cc([C@H]3C[C@H](NC(=O)OCc4ccccc4)C3)c2c1. The van der Waals surface area contributed by atoms with Crippen LogP contribution in [0.2, 0.25) is 0 Å². The highest BCUT2D eigenvalue weighted by Gasteiger charge is 2.33. The number of fused-ring (bicyclic) bond motifs is 1. The number of rotatable bonds is 6. The van der Waals surface area contributed by atoms with E-state index in [2.05, 4.69) is 10.3 Å². The minimum Gasteiger partial charge on any atom is -0.445 e. The minimum absolute atomic E-state index is 0.118. The van der Waals surface area contributed by atoms with Crippen LogP contribution in [0.5, 0.6) is 0 Å². The molecule has 2 amide bonds. The molecule has 4 rings (SSSR count). The lowest BCUT2D eigenvalue weighted by molar-refractivity contribution is -0.117. The van der Waals surface area contributed by atoms with Crippen LogP contribution in [0.1, 0.15) is 35.4 Å². The number of aromatic nitrogens is 1. The van der Waals surface area contributed by atoms with Crippen LogP contribution in [0.4, 0.5) is 4.79 Å². The summed E-state index contributed by atoms with van der Waals surface area (Å²) in [4.78, 5) is 26.5. The van der Waals surface area contributed by atoms with E-state index < -0.39 is 0 Å². The second-order valence-electron chi connectivity index (χ2n) is 7.34. The average Bonchev–Trinajstić information content (AvgIpc) is 3.06. The van der Waals surface area contributed by atoms with Gasteiger partial charge in [-0.3, -0.25) is 4.79 Å². The third-order valence-corrected chi connectivity index (χ3v) is 5.27. The first-order valence-electron chi connectivity index (χ1n) is 9.44. The van der Waals surface area contributed by atoms with Crippen molar-refractivity contribution in [3.05, 3.63) is 71.4 Å². The van der Waals surface area contributed by atoms with Gasteiger partial charge in [-0.1, -0.05) is 36.4 Å². The third-order valence-electron chi connectivity index (χ3n) is 5.27. The lowest BCUT2D eigenvalue weighted by atomic mass is 9.76. The maximum absolute atomic E-state index is 12.0. The molecule has 0 aliphatic heterocycles. The van der Waals surface area contributed by atoms with Crippen molar-refractivity contribution in [1.82, 2.24) is 10.3 Å². The summed E-state index contributed by atoms with van der Waals surface area (Å²) >= 11 is 0. The Morgan fingerprint density at radius 3 is 2.64 bits per heavy atom. The predicted molar refractivity (Wildman–Crippen MR) is 107 cm³/mol. The summed E-state index contributed by atoms with van der Waals surface area (Å²) in [5, 5.41) is 4.05. The van der Waals surface area contributed by atoms with Crippen LogP contribution in [0, 0.1) is 0 Å². The molecule has 3 aromatic rings. The molecular formula is C22H23N3O3. The van der Waals surface area contributed by atoms with Crippen LogP contribution in [0.3, 0.4) is 0 Å². The van der Waals surface area contributed by atoms with Gasteiger partial charge >= 0.3 is 6.09 Å². The van der Waals surface area contributed by atoms with Gasteiger partial charge in [0.1, 0.15) is 6.61 Å². The van der Waals surface area contributed by atoms with Gasteiger partial charge in [0.05, 0.1) is 6.42 Å². The van der Waals surface area contributed by atoms with E-state index in [-0.39, 0.29) is 31.1 Å². The molecule has 28 heavy (non-hydrogen) atoms. The van der Waals surface area contributed by atoms with Gasteiger partial charge in [-0.2, -0.15) is 0 Å². The fraction of sp³-hybridized carbons (Fsp3) is 0.273. The van der Waals surface area contributed by atoms with Gasteiger partial charge in [-0.25, -0.2) is 4.79 Å². The van der Waals surface area contributed by atoms with E-state index >= 15 is 0 Å². The molecule has 1 heterocycles. The molecule has 1 fully saturated rings. The minimum atomic E-state index is -0.380. The summed E-state index contributed by atoms with van der Waals surface area (Å²) in [7, 11) is 0. The number of hydrogen-bond acceptors (Lipinski definition) is 3. The summed E-state index contributed by atoms with van der Waals surface area (Å²) in [6.45, 7) is 0.272. The van der Waals surface area contributed by atoms with Crippen LogP contribution in [0.25, 0.3) is 10.9 Å². The van der Waals surface area contributed by atoms with Crippen molar-refractivity contribution in [3.8, 4) is 0 Å². The van der Waals surface area contributed by atoms with Crippen molar-refractivity contribution in [2.24, 2.45) is 5.73 Å². The number of carbonyl (C=O) groups excluding carboxylic acids is 2. The Kier molecular flexibility index (Phi) is 5.02. The van der Waals surface area contributed by atoms with E-state index in [0.717, 1.165) is 34.9 Å². The number of amides is 2. The molecule has 6 heteroatoms. The number of nitrogens with two attached hydrogens (primary N) is 1. The molecule has 6 nitrogen and oxygen atoms in total. The molecule has 0 saturated heterocycles. The lowest BCUT2D eigenvalue weighted by Crippen LogP contribution is -2.43. The van der Waals surface area contributed by atoms with E-state index in [1.165, 1.54) is 5.56 Å². The molecule has 4 N–H and O–H groups in total. The number of primary amides is 1. The van der Waals surface area contributed by atoms with E-state index in [4.69, 9.17) is 10.5 Å². The topological polar surface area (TPSA) is 97.2 Å². The highest BCUT2D eigenvalue weighted by atomic mass is 16.5. The second kappa shape index (κ2) is 7.76. The van der Waals surface area contributed by atoms with Crippen molar-refractivity contribution in [2.75, 3.05) is 0 Å². The highest BCUT2D eigenvalue weighted by Crippen LogP contribution is 2.40. The van der Waals surface area contributed by atoms with Gasteiger partial charge in [0, 0.05) is 23.1 Å². The maximum Gasteiger partial charge on any atom is 0.407 e. The molecule has 0 atom stereocenters. The second-order valence-corrected chi connectivity index (χ2v) is 7.34. The Morgan fingerprint density at radius 2 is 1.89 bits per heavy atom. The lowest BCUT2D eigenvalue weighted by Gasteiger charge is -2.35. The van der Waals surface area contributed by atoms with Gasteiger partial charge in [-0.05, 0) is 47.6 Å². The maximum atomic E-state index is 12.0. The van der Waals surface area contributed by atoms with E-state index in [0.29, 0.717) is 5.92 Å². The molecule has 0 spiro atoms. The number of hydrogen-bond donors (Lipinski definition) is 3. The zero-order valence-electron chi connectivity index (χ0n) is 15.5. The molecule has 0 unspecified atom stereocenters. The Labute approximate surface area is 163 Å². The number of nitrogens with one attached hydrogen (secondary N) is 2. The molecular weight excluding hydrogens is 354 g/mol. The number of carbonyl (C=O) groups is 2. The van der Waals surface area contributed by atoms with Gasteiger partial charge < -0.3 is 20.8 Å².